The van der Waals surface area contributed by atoms with Crippen LogP contribution in [0.25, 0.3) is 11.3 Å². The molecule has 3 aliphatic carbocycles. The monoisotopic (exact) mass is 736 g/mol. The number of aromatic amines is 1. The van der Waals surface area contributed by atoms with E-state index in [-0.39, 0.29) is 48.8 Å². The molecule has 1 aromatic heterocycles. The number of carbonyl (C=O) groups is 1. The molecule has 2 atom stereocenters. The van der Waals surface area contributed by atoms with E-state index in [1.807, 2.05) is 23.1 Å². The molecule has 8 rings (SSSR count). The summed E-state index contributed by atoms with van der Waals surface area (Å²) in [6, 6.07) is 2.01. The molecule has 1 saturated carbocycles. The Morgan fingerprint density at radius 3 is 2.55 bits per heavy atom. The zero-order chi connectivity index (χ0) is 37.0. The van der Waals surface area contributed by atoms with Crippen LogP contribution in [-0.4, -0.2) is 114 Å². The van der Waals surface area contributed by atoms with Crippen molar-refractivity contribution >= 4 is 23.0 Å². The van der Waals surface area contributed by atoms with Crippen LogP contribution in [0.5, 0.6) is 0 Å². The quantitative estimate of drug-likeness (QED) is 0.243. The molecule has 7 aliphatic rings. The first-order valence-corrected chi connectivity index (χ1v) is 18.8. The summed E-state index contributed by atoms with van der Waals surface area (Å²) in [6.45, 7) is 7.70. The molecule has 4 aliphatic heterocycles. The number of halogens is 4. The number of aliphatic hydroxyl groups is 1. The molecule has 9 nitrogen and oxygen atoms in total. The van der Waals surface area contributed by atoms with Gasteiger partial charge in [0.1, 0.15) is 35.8 Å². The van der Waals surface area contributed by atoms with Gasteiger partial charge in [0.15, 0.2) is 0 Å². The van der Waals surface area contributed by atoms with Gasteiger partial charge in [0.05, 0.1) is 31.1 Å². The molecule has 1 saturated heterocycles. The van der Waals surface area contributed by atoms with Crippen molar-refractivity contribution < 1.29 is 32.2 Å². The zero-order valence-corrected chi connectivity index (χ0v) is 30.3. The van der Waals surface area contributed by atoms with Gasteiger partial charge in [-0.05, 0) is 79.5 Å². The summed E-state index contributed by atoms with van der Waals surface area (Å²) in [6.07, 6.45) is 7.89. The maximum atomic E-state index is 15.7. The van der Waals surface area contributed by atoms with Crippen LogP contribution in [0.15, 0.2) is 76.0 Å². The van der Waals surface area contributed by atoms with E-state index in [2.05, 4.69) is 40.4 Å². The van der Waals surface area contributed by atoms with Crippen LogP contribution in [0.4, 0.5) is 23.4 Å². The van der Waals surface area contributed by atoms with E-state index in [4.69, 9.17) is 4.74 Å². The van der Waals surface area contributed by atoms with Gasteiger partial charge < -0.3 is 30.4 Å². The third kappa shape index (κ3) is 6.91. The van der Waals surface area contributed by atoms with Crippen LogP contribution in [0.2, 0.25) is 0 Å². The number of nitrogens with zero attached hydrogens (tertiary/aromatic N) is 3. The fourth-order valence-electron chi connectivity index (χ4n) is 8.78. The second-order valence-electron chi connectivity index (χ2n) is 15.5. The summed E-state index contributed by atoms with van der Waals surface area (Å²) in [5, 5.41) is 17.7. The average Bonchev–Trinajstić information content (AvgIpc) is 3.92. The van der Waals surface area contributed by atoms with Crippen LogP contribution in [-0.2, 0) is 9.53 Å². The second kappa shape index (κ2) is 14.3. The van der Waals surface area contributed by atoms with Crippen LogP contribution in [0.1, 0.15) is 50.8 Å². The molecule has 0 spiro atoms. The Morgan fingerprint density at radius 1 is 1.06 bits per heavy atom. The van der Waals surface area contributed by atoms with Crippen LogP contribution >= 0.6 is 0 Å². The summed E-state index contributed by atoms with van der Waals surface area (Å²) >= 11 is 0. The van der Waals surface area contributed by atoms with E-state index >= 15 is 8.78 Å². The molecule has 2 fully saturated rings. The van der Waals surface area contributed by atoms with Gasteiger partial charge in [0.25, 0.3) is 12.3 Å². The summed E-state index contributed by atoms with van der Waals surface area (Å²) in [5.74, 6) is 0.401. The number of nitrogens with one attached hydrogen (secondary N) is 3. The van der Waals surface area contributed by atoms with Crippen molar-refractivity contribution in [2.45, 2.75) is 57.7 Å². The zero-order valence-electron chi connectivity index (χ0n) is 30.3. The Kier molecular flexibility index (Phi) is 9.69. The summed E-state index contributed by atoms with van der Waals surface area (Å²) < 4.78 is 63.1. The smallest absolute Gasteiger partial charge is 0.264 e. The minimum Gasteiger partial charge on any atom is -0.495 e. The highest BCUT2D eigenvalue weighted by atomic mass is 19.3. The minimum absolute atomic E-state index is 0.0172. The molecule has 1 aromatic rings. The van der Waals surface area contributed by atoms with Gasteiger partial charge in [-0.15, -0.1) is 0 Å². The topological polar surface area (TPSA) is 96.1 Å². The number of fused-ring (bicyclic) bond motifs is 1. The van der Waals surface area contributed by atoms with Gasteiger partial charge in [-0.2, -0.15) is 0 Å². The van der Waals surface area contributed by atoms with E-state index in [0.717, 1.165) is 41.2 Å². The van der Waals surface area contributed by atoms with Gasteiger partial charge in [0, 0.05) is 74.5 Å². The summed E-state index contributed by atoms with van der Waals surface area (Å²) in [7, 11) is 0. The summed E-state index contributed by atoms with van der Waals surface area (Å²) in [4.78, 5) is 23.0. The third-order valence-corrected chi connectivity index (χ3v) is 12.0. The van der Waals surface area contributed by atoms with Crippen LogP contribution in [0, 0.1) is 11.8 Å². The number of aromatic nitrogens is 1. The molecule has 1 unspecified atom stereocenters. The van der Waals surface area contributed by atoms with E-state index in [1.54, 1.807) is 6.08 Å². The molecule has 13 heteroatoms. The number of piperazine rings is 1. The lowest BCUT2D eigenvalue weighted by atomic mass is 9.84. The Hall–Kier alpha value is -4.07. The standard InChI is InChI=1S/C40H48F4N6O3/c1-40(2,49-11-9-48(10-12-49)21-36(43)44)25-5-6-32(46-20-25)33-19-29-27(7-8-45-38(29)47-33)28-17-26(41)18-34(30(28)22-51)50-13-14-53-35-16-24(23-3-4-23)15-31(42)37(35)39(50)52/h5-7,15,18-19,23-24,26,36,45-47,51H,3-4,8-14,16-17,20-22H2,1-2H3/t24?,26-/m0/s1. The number of dihydropyridines is 1. The van der Waals surface area contributed by atoms with Crippen molar-refractivity contribution in [3.05, 3.63) is 87.3 Å². The fraction of sp³-hybridized carbons (Fsp3) is 0.525. The van der Waals surface area contributed by atoms with Crippen LogP contribution in [0.3, 0.4) is 0 Å². The van der Waals surface area contributed by atoms with E-state index in [0.29, 0.717) is 68.5 Å². The number of amides is 1. The third-order valence-electron chi connectivity index (χ3n) is 12.0. The first-order chi connectivity index (χ1) is 25.5. The van der Waals surface area contributed by atoms with Gasteiger partial charge in [-0.1, -0.05) is 12.2 Å². The SMILES string of the molecule is CC(C)(C1=CC=C(c2cc3c([nH]2)NCC=C3C2=C(CO)C(N3CCOC4=C(C3=O)C(F)=CC(C3CC3)C4)=C[C@@H](F)C2)NC1)N1CCN(CC(F)F)CC1. The highest BCUT2D eigenvalue weighted by molar-refractivity contribution is 6.00. The second-order valence-corrected chi connectivity index (χ2v) is 15.5. The minimum atomic E-state index is -2.33. The van der Waals surface area contributed by atoms with Crippen molar-refractivity contribution in [1.82, 2.24) is 25.0 Å². The summed E-state index contributed by atoms with van der Waals surface area (Å²) in [5.41, 5.74) is 5.44. The lowest BCUT2D eigenvalue weighted by Gasteiger charge is -2.46. The predicted molar refractivity (Wildman–Crippen MR) is 196 cm³/mol. The molecule has 284 valence electrons. The maximum Gasteiger partial charge on any atom is 0.264 e. The number of anilines is 1. The van der Waals surface area contributed by atoms with Crippen molar-refractivity contribution in [3.8, 4) is 0 Å². The van der Waals surface area contributed by atoms with E-state index in [1.165, 1.54) is 16.5 Å². The Balaban J connectivity index is 1.03. The molecule has 1 amide bonds. The fourth-order valence-corrected chi connectivity index (χ4v) is 8.78. The van der Waals surface area contributed by atoms with Gasteiger partial charge in [-0.25, -0.2) is 17.6 Å². The number of alkyl halides is 3. The molecular weight excluding hydrogens is 688 g/mol. The highest BCUT2D eigenvalue weighted by Gasteiger charge is 2.41. The van der Waals surface area contributed by atoms with Crippen molar-refractivity contribution in [3.63, 3.8) is 0 Å². The molecule has 0 aromatic carbocycles. The van der Waals surface area contributed by atoms with Crippen molar-refractivity contribution in [1.29, 1.82) is 0 Å². The molecule has 0 radical (unpaired) electrons. The molecule has 0 bridgehead atoms. The number of hydrogen-bond donors (Lipinski definition) is 4. The van der Waals surface area contributed by atoms with Gasteiger partial charge in [0.2, 0.25) is 0 Å². The number of ether oxygens (including phenoxy) is 1. The van der Waals surface area contributed by atoms with Crippen LogP contribution < -0.4 is 10.6 Å². The Bertz CT molecular complexity index is 1870. The predicted octanol–water partition coefficient (Wildman–Crippen LogP) is 5.67. The van der Waals surface area contributed by atoms with E-state index < -0.39 is 30.9 Å². The Labute approximate surface area is 307 Å². The molecule has 5 heterocycles. The molecule has 4 N–H and O–H groups in total. The Morgan fingerprint density at radius 2 is 1.85 bits per heavy atom. The number of H-pyrrole nitrogens is 1. The largest absolute Gasteiger partial charge is 0.495 e. The lowest BCUT2D eigenvalue weighted by Crippen LogP contribution is -2.56. The van der Waals surface area contributed by atoms with Gasteiger partial charge >= 0.3 is 0 Å². The molecular formula is C40H48F4N6O3. The number of hydrogen-bond acceptors (Lipinski definition) is 7. The van der Waals surface area contributed by atoms with Crippen molar-refractivity contribution in [2.24, 2.45) is 11.8 Å². The first-order valence-electron chi connectivity index (χ1n) is 18.8. The van der Waals surface area contributed by atoms with Gasteiger partial charge in [-0.3, -0.25) is 14.6 Å². The lowest BCUT2D eigenvalue weighted by molar-refractivity contribution is -0.125. The number of aliphatic hydroxyl groups excluding tert-OH is 1. The average molecular weight is 737 g/mol. The maximum absolute atomic E-state index is 15.7. The number of rotatable bonds is 9. The number of allylic oxidation sites excluding steroid dienone is 7. The normalized spacial score (nSPS) is 26.1. The van der Waals surface area contributed by atoms with E-state index in [9.17, 15) is 18.7 Å². The highest BCUT2D eigenvalue weighted by Crippen LogP contribution is 2.47. The van der Waals surface area contributed by atoms with Crippen molar-refractivity contribution in [2.75, 3.05) is 70.9 Å². The first kappa shape index (κ1) is 35.9. The molecule has 53 heavy (non-hydrogen) atoms. The number of carbonyl (C=O) groups excluding carboxylic acids is 1.